The van der Waals surface area contributed by atoms with E-state index in [0.717, 1.165) is 11.0 Å². The number of carboxylic acids is 1. The number of sulfone groups is 1. The topological polar surface area (TPSA) is 91.7 Å². The second kappa shape index (κ2) is 2.57. The molecule has 0 radical (unpaired) electrons. The average Bonchev–Trinajstić information content (AvgIpc) is 2.05. The first-order valence-corrected chi connectivity index (χ1v) is 5.62. The van der Waals surface area contributed by atoms with Gasteiger partial charge in [-0.15, -0.1) is 0 Å². The summed E-state index contributed by atoms with van der Waals surface area (Å²) < 4.78 is 22.7. The molecule has 2 heterocycles. The lowest BCUT2D eigenvalue weighted by Crippen LogP contribution is -2.59. The minimum atomic E-state index is -3.36. The van der Waals surface area contributed by atoms with Gasteiger partial charge in [0.25, 0.3) is 0 Å². The van der Waals surface area contributed by atoms with E-state index in [1.165, 1.54) is 0 Å². The number of amides is 1. The van der Waals surface area contributed by atoms with Gasteiger partial charge in [-0.1, -0.05) is 0 Å². The number of aliphatic carboxylic acids is 1. The van der Waals surface area contributed by atoms with E-state index < -0.39 is 27.1 Å². The summed E-state index contributed by atoms with van der Waals surface area (Å²) >= 11 is 0. The van der Waals surface area contributed by atoms with E-state index in [2.05, 4.69) is 0 Å². The van der Waals surface area contributed by atoms with Gasteiger partial charge >= 0.3 is 5.97 Å². The number of carbonyl (C=O) groups excluding carboxylic acids is 1. The third-order valence-electron chi connectivity index (χ3n) is 2.31. The Labute approximate surface area is 79.7 Å². The smallest absolute Gasteiger partial charge is 0.352 e. The molecule has 0 aromatic carbocycles. The van der Waals surface area contributed by atoms with Crippen molar-refractivity contribution in [1.82, 2.24) is 4.90 Å². The highest BCUT2D eigenvalue weighted by Gasteiger charge is 2.50. The highest BCUT2D eigenvalue weighted by atomic mass is 32.2. The molecule has 0 unspecified atom stereocenters. The van der Waals surface area contributed by atoms with Crippen LogP contribution in [-0.4, -0.2) is 41.4 Å². The van der Waals surface area contributed by atoms with Crippen LogP contribution in [0.25, 0.3) is 0 Å². The predicted octanol–water partition coefficient (Wildman–Crippen LogP) is -1.06. The maximum atomic E-state index is 11.3. The lowest BCUT2D eigenvalue weighted by Gasteiger charge is -2.41. The first-order chi connectivity index (χ1) is 6.43. The number of hydrogen-bond acceptors (Lipinski definition) is 4. The molecule has 1 fully saturated rings. The van der Waals surface area contributed by atoms with Gasteiger partial charge < -0.3 is 5.11 Å². The Hall–Kier alpha value is -1.37. The SMILES string of the molecule is O=C(O)C1=CCS(=O)(=O)[C@@H]2CC(=O)N12. The van der Waals surface area contributed by atoms with Crippen molar-refractivity contribution in [2.45, 2.75) is 11.8 Å². The van der Waals surface area contributed by atoms with Crippen molar-refractivity contribution in [2.24, 2.45) is 0 Å². The first-order valence-electron chi connectivity index (χ1n) is 3.90. The molecule has 1 amide bonds. The van der Waals surface area contributed by atoms with Crippen LogP contribution in [0.5, 0.6) is 0 Å². The third kappa shape index (κ3) is 1.05. The van der Waals surface area contributed by atoms with Crippen molar-refractivity contribution in [3.63, 3.8) is 0 Å². The van der Waals surface area contributed by atoms with Crippen LogP contribution in [0.3, 0.4) is 0 Å². The van der Waals surface area contributed by atoms with E-state index >= 15 is 0 Å². The normalized spacial score (nSPS) is 28.9. The summed E-state index contributed by atoms with van der Waals surface area (Å²) in [6, 6.07) is 0. The molecular formula is C7H7NO5S. The molecule has 6 nitrogen and oxygen atoms in total. The maximum Gasteiger partial charge on any atom is 0.352 e. The second-order valence-corrected chi connectivity index (χ2v) is 5.35. The van der Waals surface area contributed by atoms with Crippen LogP contribution in [0, 0.1) is 0 Å². The molecule has 7 heteroatoms. The van der Waals surface area contributed by atoms with Crippen LogP contribution in [0.15, 0.2) is 11.8 Å². The molecule has 2 aliphatic heterocycles. The quantitative estimate of drug-likeness (QED) is 0.565. The van der Waals surface area contributed by atoms with Gasteiger partial charge in [-0.3, -0.25) is 9.69 Å². The van der Waals surface area contributed by atoms with Gasteiger partial charge in [0.15, 0.2) is 9.84 Å². The van der Waals surface area contributed by atoms with Gasteiger partial charge in [-0.25, -0.2) is 13.2 Å². The highest BCUT2D eigenvalue weighted by molar-refractivity contribution is 7.92. The number of carbonyl (C=O) groups is 2. The lowest BCUT2D eigenvalue weighted by molar-refractivity contribution is -0.146. The zero-order valence-corrected chi connectivity index (χ0v) is 7.82. The van der Waals surface area contributed by atoms with Gasteiger partial charge in [0.1, 0.15) is 11.1 Å². The Morgan fingerprint density at radius 3 is 2.71 bits per heavy atom. The molecular weight excluding hydrogens is 210 g/mol. The van der Waals surface area contributed by atoms with Gasteiger partial charge in [-0.2, -0.15) is 0 Å². The number of β-lactam (4-membered cyclic amide) rings is 1. The van der Waals surface area contributed by atoms with Crippen molar-refractivity contribution in [2.75, 3.05) is 5.75 Å². The van der Waals surface area contributed by atoms with E-state index in [4.69, 9.17) is 5.11 Å². The fourth-order valence-corrected chi connectivity index (χ4v) is 3.12. The first kappa shape index (κ1) is 9.20. The molecule has 1 N–H and O–H groups in total. The molecule has 0 aromatic heterocycles. The molecule has 0 aliphatic carbocycles. The third-order valence-corrected chi connectivity index (χ3v) is 4.15. The standard InChI is InChI=1S/C7H7NO5S/c9-5-3-6-8(5)4(7(10)11)1-2-14(6,12)13/h1,6H,2-3H2,(H,10,11)/t6-/m1/s1. The molecule has 0 spiro atoms. The Morgan fingerprint density at radius 1 is 1.57 bits per heavy atom. The van der Waals surface area contributed by atoms with Crippen molar-refractivity contribution in [1.29, 1.82) is 0 Å². The number of rotatable bonds is 1. The van der Waals surface area contributed by atoms with E-state index in [0.29, 0.717) is 0 Å². The van der Waals surface area contributed by atoms with Crippen molar-refractivity contribution >= 4 is 21.7 Å². The van der Waals surface area contributed by atoms with Crippen LogP contribution in [0.2, 0.25) is 0 Å². The molecule has 0 aromatic rings. The molecule has 2 rings (SSSR count). The fourth-order valence-electron chi connectivity index (χ4n) is 1.56. The summed E-state index contributed by atoms with van der Waals surface area (Å²) in [5.74, 6) is -2.02. The summed E-state index contributed by atoms with van der Waals surface area (Å²) in [6.45, 7) is 0. The van der Waals surface area contributed by atoms with Gasteiger partial charge in [0, 0.05) is 0 Å². The Bertz CT molecular complexity index is 449. The van der Waals surface area contributed by atoms with Crippen LogP contribution in [-0.2, 0) is 19.4 Å². The van der Waals surface area contributed by atoms with Crippen LogP contribution >= 0.6 is 0 Å². The largest absolute Gasteiger partial charge is 0.477 e. The zero-order valence-electron chi connectivity index (χ0n) is 7.00. The lowest BCUT2D eigenvalue weighted by atomic mass is 10.1. The van der Waals surface area contributed by atoms with Crippen LogP contribution in [0.4, 0.5) is 0 Å². The van der Waals surface area contributed by atoms with Crippen molar-refractivity contribution in [3.05, 3.63) is 11.8 Å². The molecule has 76 valence electrons. The van der Waals surface area contributed by atoms with Crippen molar-refractivity contribution in [3.8, 4) is 0 Å². The van der Waals surface area contributed by atoms with Crippen LogP contribution < -0.4 is 0 Å². The molecule has 0 bridgehead atoms. The summed E-state index contributed by atoms with van der Waals surface area (Å²) in [5.41, 5.74) is -0.221. The molecule has 1 saturated heterocycles. The maximum absolute atomic E-state index is 11.3. The van der Waals surface area contributed by atoms with Crippen molar-refractivity contribution < 1.29 is 23.1 Å². The Morgan fingerprint density at radius 2 is 2.21 bits per heavy atom. The molecule has 1 atom stereocenters. The van der Waals surface area contributed by atoms with E-state index in [-0.39, 0.29) is 17.9 Å². The molecule has 14 heavy (non-hydrogen) atoms. The van der Waals surface area contributed by atoms with Crippen LogP contribution in [0.1, 0.15) is 6.42 Å². The average molecular weight is 217 g/mol. The van der Waals surface area contributed by atoms with E-state index in [1.54, 1.807) is 0 Å². The summed E-state index contributed by atoms with van der Waals surface area (Å²) in [4.78, 5) is 22.5. The number of hydrogen-bond donors (Lipinski definition) is 1. The predicted molar refractivity (Wildman–Crippen MR) is 44.8 cm³/mol. The van der Waals surface area contributed by atoms with E-state index in [1.807, 2.05) is 0 Å². The Kier molecular flexibility index (Phi) is 1.69. The molecule has 0 saturated carbocycles. The summed E-state index contributed by atoms with van der Waals surface area (Å²) in [7, 11) is -3.36. The second-order valence-electron chi connectivity index (χ2n) is 3.15. The number of nitrogens with zero attached hydrogens (tertiary/aromatic N) is 1. The number of fused-ring (bicyclic) bond motifs is 1. The summed E-state index contributed by atoms with van der Waals surface area (Å²) in [5, 5.41) is 7.74. The zero-order chi connectivity index (χ0) is 10.5. The minimum Gasteiger partial charge on any atom is -0.477 e. The number of carboxylic acid groups (broad SMARTS) is 1. The van der Waals surface area contributed by atoms with Gasteiger partial charge in [-0.05, 0) is 6.08 Å². The highest BCUT2D eigenvalue weighted by Crippen LogP contribution is 2.32. The van der Waals surface area contributed by atoms with E-state index in [9.17, 15) is 18.0 Å². The van der Waals surface area contributed by atoms with Gasteiger partial charge in [0.2, 0.25) is 5.91 Å². The van der Waals surface area contributed by atoms with Gasteiger partial charge in [0.05, 0.1) is 12.2 Å². The Balaban J connectivity index is 2.45. The molecule has 2 aliphatic rings. The monoisotopic (exact) mass is 217 g/mol. The minimum absolute atomic E-state index is 0.104. The summed E-state index contributed by atoms with van der Waals surface area (Å²) in [6.07, 6.45) is 0.957. The fraction of sp³-hybridized carbons (Fsp3) is 0.429.